The number of anilines is 1. The number of carbonyl (C=O) groups is 1. The van der Waals surface area contributed by atoms with Crippen LogP contribution in [0.3, 0.4) is 0 Å². The van der Waals surface area contributed by atoms with Crippen LogP contribution in [-0.2, 0) is 4.79 Å². The van der Waals surface area contributed by atoms with E-state index in [2.05, 4.69) is 16.6 Å². The molecule has 1 atom stereocenters. The number of hydrogen-bond donors (Lipinski definition) is 2. The molecular formula is C13H14N2O. The van der Waals surface area contributed by atoms with Crippen molar-refractivity contribution in [3.05, 3.63) is 29.8 Å². The lowest BCUT2D eigenvalue weighted by Gasteiger charge is -2.11. The summed E-state index contributed by atoms with van der Waals surface area (Å²) in [6.45, 7) is 0.919. The first-order valence-corrected chi connectivity index (χ1v) is 5.40. The molecule has 1 aliphatic heterocycles. The number of benzene rings is 1. The van der Waals surface area contributed by atoms with Gasteiger partial charge in [0.05, 0.1) is 6.04 Å². The van der Waals surface area contributed by atoms with Crippen LogP contribution in [0.2, 0.25) is 0 Å². The lowest BCUT2D eigenvalue weighted by atomic mass is 10.2. The van der Waals surface area contributed by atoms with Crippen molar-refractivity contribution < 1.29 is 4.79 Å². The van der Waals surface area contributed by atoms with Gasteiger partial charge in [0.25, 0.3) is 0 Å². The van der Waals surface area contributed by atoms with Crippen LogP contribution < -0.4 is 10.6 Å². The van der Waals surface area contributed by atoms with Crippen LogP contribution in [0, 0.1) is 12.3 Å². The molecule has 2 N–H and O–H groups in total. The van der Waals surface area contributed by atoms with Crippen LogP contribution in [0.4, 0.5) is 5.69 Å². The monoisotopic (exact) mass is 214 g/mol. The Morgan fingerprint density at radius 3 is 3.12 bits per heavy atom. The summed E-state index contributed by atoms with van der Waals surface area (Å²) >= 11 is 0. The maximum Gasteiger partial charge on any atom is 0.241 e. The maximum atomic E-state index is 11.8. The van der Waals surface area contributed by atoms with E-state index in [9.17, 15) is 4.79 Å². The van der Waals surface area contributed by atoms with Crippen LogP contribution in [-0.4, -0.2) is 18.5 Å². The van der Waals surface area contributed by atoms with Gasteiger partial charge in [-0.3, -0.25) is 4.79 Å². The summed E-state index contributed by atoms with van der Waals surface area (Å²) in [5, 5.41) is 6.01. The molecule has 0 radical (unpaired) electrons. The lowest BCUT2D eigenvalue weighted by Crippen LogP contribution is -2.35. The van der Waals surface area contributed by atoms with Gasteiger partial charge in [0.1, 0.15) is 0 Å². The van der Waals surface area contributed by atoms with Gasteiger partial charge in [-0.25, -0.2) is 0 Å². The van der Waals surface area contributed by atoms with Crippen LogP contribution in [0.25, 0.3) is 0 Å². The second-order valence-corrected chi connectivity index (χ2v) is 3.86. The zero-order chi connectivity index (χ0) is 11.4. The molecule has 82 valence electrons. The maximum absolute atomic E-state index is 11.8. The summed E-state index contributed by atoms with van der Waals surface area (Å²) in [5.41, 5.74) is 1.53. The van der Waals surface area contributed by atoms with E-state index in [4.69, 9.17) is 6.42 Å². The number of terminal acetylenes is 1. The minimum atomic E-state index is -0.0607. The molecule has 2 rings (SSSR count). The van der Waals surface area contributed by atoms with Crippen LogP contribution in [0.1, 0.15) is 18.4 Å². The highest BCUT2D eigenvalue weighted by Gasteiger charge is 2.21. The lowest BCUT2D eigenvalue weighted by molar-refractivity contribution is -0.117. The number of nitrogens with one attached hydrogen (secondary N) is 2. The van der Waals surface area contributed by atoms with Gasteiger partial charge in [-0.05, 0) is 37.6 Å². The first kappa shape index (κ1) is 10.7. The van der Waals surface area contributed by atoms with Gasteiger partial charge in [0.15, 0.2) is 0 Å². The number of hydrogen-bond acceptors (Lipinski definition) is 2. The molecule has 1 heterocycles. The van der Waals surface area contributed by atoms with Gasteiger partial charge >= 0.3 is 0 Å². The van der Waals surface area contributed by atoms with E-state index in [1.54, 1.807) is 6.07 Å². The molecule has 1 amide bonds. The van der Waals surface area contributed by atoms with Crippen molar-refractivity contribution in [2.24, 2.45) is 0 Å². The standard InChI is InChI=1S/C13H14N2O/c1-2-10-5-3-6-11(9-10)15-13(16)12-7-4-8-14-12/h1,3,5-6,9,12,14H,4,7-8H2,(H,15,16). The SMILES string of the molecule is C#Cc1cccc(NC(=O)C2CCCN2)c1. The second-order valence-electron chi connectivity index (χ2n) is 3.86. The van der Waals surface area contributed by atoms with Crippen LogP contribution >= 0.6 is 0 Å². The third kappa shape index (κ3) is 2.41. The van der Waals surface area contributed by atoms with Gasteiger partial charge in [-0.15, -0.1) is 6.42 Å². The Hall–Kier alpha value is -1.79. The van der Waals surface area contributed by atoms with Gasteiger partial charge in [-0.1, -0.05) is 12.0 Å². The zero-order valence-corrected chi connectivity index (χ0v) is 8.99. The Bertz CT molecular complexity index is 428. The molecule has 16 heavy (non-hydrogen) atoms. The van der Waals surface area contributed by atoms with Crippen molar-refractivity contribution in [1.29, 1.82) is 0 Å². The summed E-state index contributed by atoms with van der Waals surface area (Å²) in [6.07, 6.45) is 7.26. The summed E-state index contributed by atoms with van der Waals surface area (Å²) in [4.78, 5) is 11.8. The predicted octanol–water partition coefficient (Wildman–Crippen LogP) is 1.36. The summed E-state index contributed by atoms with van der Waals surface area (Å²) in [6, 6.07) is 7.26. The van der Waals surface area contributed by atoms with Crippen molar-refractivity contribution in [2.45, 2.75) is 18.9 Å². The fourth-order valence-electron chi connectivity index (χ4n) is 1.82. The molecule has 1 unspecified atom stereocenters. The van der Waals surface area contributed by atoms with E-state index in [1.807, 2.05) is 18.2 Å². The van der Waals surface area contributed by atoms with Gasteiger partial charge in [0, 0.05) is 11.3 Å². The number of carbonyl (C=O) groups excluding carboxylic acids is 1. The van der Waals surface area contributed by atoms with E-state index >= 15 is 0 Å². The molecule has 0 saturated carbocycles. The number of amides is 1. The average Bonchev–Trinajstić information content (AvgIpc) is 2.83. The first-order chi connectivity index (χ1) is 7.79. The van der Waals surface area contributed by atoms with E-state index in [-0.39, 0.29) is 11.9 Å². The summed E-state index contributed by atoms with van der Waals surface area (Å²) in [5.74, 6) is 2.56. The second kappa shape index (κ2) is 4.82. The quantitative estimate of drug-likeness (QED) is 0.730. The third-order valence-electron chi connectivity index (χ3n) is 2.67. The molecule has 1 saturated heterocycles. The Balaban J connectivity index is 2.03. The van der Waals surface area contributed by atoms with Crippen LogP contribution in [0.15, 0.2) is 24.3 Å². The molecule has 3 nitrogen and oxygen atoms in total. The van der Waals surface area contributed by atoms with E-state index in [0.29, 0.717) is 0 Å². The zero-order valence-electron chi connectivity index (χ0n) is 8.99. The summed E-state index contributed by atoms with van der Waals surface area (Å²) < 4.78 is 0. The molecule has 0 aliphatic carbocycles. The van der Waals surface area contributed by atoms with Crippen molar-refractivity contribution in [3.63, 3.8) is 0 Å². The fraction of sp³-hybridized carbons (Fsp3) is 0.308. The van der Waals surface area contributed by atoms with Crippen molar-refractivity contribution in [1.82, 2.24) is 5.32 Å². The van der Waals surface area contributed by atoms with Gasteiger partial charge in [-0.2, -0.15) is 0 Å². The minimum Gasteiger partial charge on any atom is -0.325 e. The highest BCUT2D eigenvalue weighted by molar-refractivity contribution is 5.95. The molecule has 0 aromatic heterocycles. The van der Waals surface area contributed by atoms with Crippen LogP contribution in [0.5, 0.6) is 0 Å². The fourth-order valence-corrected chi connectivity index (χ4v) is 1.82. The minimum absolute atomic E-state index is 0.0201. The molecule has 3 heteroatoms. The molecule has 1 aromatic carbocycles. The Labute approximate surface area is 95.2 Å². The Morgan fingerprint density at radius 1 is 1.56 bits per heavy atom. The van der Waals surface area contributed by atoms with Crippen molar-refractivity contribution in [2.75, 3.05) is 11.9 Å². The van der Waals surface area contributed by atoms with Crippen molar-refractivity contribution >= 4 is 11.6 Å². The topological polar surface area (TPSA) is 41.1 Å². The predicted molar refractivity (Wildman–Crippen MR) is 64.0 cm³/mol. The third-order valence-corrected chi connectivity index (χ3v) is 2.67. The molecule has 1 fully saturated rings. The molecule has 0 bridgehead atoms. The Morgan fingerprint density at radius 2 is 2.44 bits per heavy atom. The molecule has 1 aliphatic rings. The summed E-state index contributed by atoms with van der Waals surface area (Å²) in [7, 11) is 0. The Kier molecular flexibility index (Phi) is 3.23. The van der Waals surface area contributed by atoms with E-state index < -0.39 is 0 Å². The van der Waals surface area contributed by atoms with E-state index in [1.165, 1.54) is 0 Å². The number of rotatable bonds is 2. The van der Waals surface area contributed by atoms with Gasteiger partial charge in [0.2, 0.25) is 5.91 Å². The smallest absolute Gasteiger partial charge is 0.241 e. The highest BCUT2D eigenvalue weighted by atomic mass is 16.2. The highest BCUT2D eigenvalue weighted by Crippen LogP contribution is 2.12. The first-order valence-electron chi connectivity index (χ1n) is 5.40. The molecule has 1 aromatic rings. The molecular weight excluding hydrogens is 200 g/mol. The normalized spacial score (nSPS) is 19.1. The van der Waals surface area contributed by atoms with Crippen molar-refractivity contribution in [3.8, 4) is 12.3 Å². The van der Waals surface area contributed by atoms with E-state index in [0.717, 1.165) is 30.6 Å². The molecule has 0 spiro atoms. The average molecular weight is 214 g/mol. The largest absolute Gasteiger partial charge is 0.325 e. The van der Waals surface area contributed by atoms with Gasteiger partial charge < -0.3 is 10.6 Å².